The van der Waals surface area contributed by atoms with Crippen LogP contribution in [0.2, 0.25) is 0 Å². The number of hydrogen-bond acceptors (Lipinski definition) is 4. The Morgan fingerprint density at radius 3 is 2.55 bits per heavy atom. The Bertz CT molecular complexity index is 1060. The number of alkyl halides is 3. The molecule has 1 aromatic heterocycles. The van der Waals surface area contributed by atoms with E-state index in [0.717, 1.165) is 12.1 Å². The lowest BCUT2D eigenvalue weighted by molar-refractivity contribution is -0.137. The fourth-order valence-electron chi connectivity index (χ4n) is 3.16. The van der Waals surface area contributed by atoms with Gasteiger partial charge in [0.25, 0.3) is 5.91 Å². The summed E-state index contributed by atoms with van der Waals surface area (Å²) in [5.74, 6) is 0.604. The summed E-state index contributed by atoms with van der Waals surface area (Å²) < 4.78 is 51.1. The molecule has 0 fully saturated rings. The second-order valence-electron chi connectivity index (χ2n) is 6.87. The second kappa shape index (κ2) is 9.11. The lowest BCUT2D eigenvalue weighted by atomic mass is 10.1. The van der Waals surface area contributed by atoms with Crippen LogP contribution in [0.3, 0.4) is 0 Å². The average Bonchev–Trinajstić information content (AvgIpc) is 3.13. The first-order valence-corrected chi connectivity index (χ1v) is 9.48. The summed E-state index contributed by atoms with van der Waals surface area (Å²) in [4.78, 5) is 12.3. The molecule has 1 heterocycles. The van der Waals surface area contributed by atoms with Crippen LogP contribution in [-0.4, -0.2) is 29.4 Å². The van der Waals surface area contributed by atoms with E-state index in [1.54, 1.807) is 44.2 Å². The molecule has 0 saturated heterocycles. The summed E-state index contributed by atoms with van der Waals surface area (Å²) in [5.41, 5.74) is 0.841. The number of amides is 1. The van der Waals surface area contributed by atoms with E-state index in [9.17, 15) is 18.0 Å². The van der Waals surface area contributed by atoms with Gasteiger partial charge in [-0.05, 0) is 44.2 Å². The van der Waals surface area contributed by atoms with Crippen molar-refractivity contribution in [3.05, 3.63) is 71.5 Å². The van der Waals surface area contributed by atoms with Crippen LogP contribution in [0.1, 0.15) is 29.8 Å². The van der Waals surface area contributed by atoms with E-state index in [1.165, 1.54) is 24.1 Å². The van der Waals surface area contributed by atoms with Crippen molar-refractivity contribution in [1.82, 2.24) is 15.1 Å². The number of carbonyl (C=O) groups is 1. The van der Waals surface area contributed by atoms with Gasteiger partial charge in [0, 0.05) is 11.3 Å². The monoisotopic (exact) mass is 433 g/mol. The third kappa shape index (κ3) is 5.17. The van der Waals surface area contributed by atoms with Gasteiger partial charge in [0.05, 0.1) is 30.6 Å². The zero-order valence-electron chi connectivity index (χ0n) is 17.2. The van der Waals surface area contributed by atoms with Gasteiger partial charge in [-0.2, -0.15) is 18.3 Å². The molecule has 164 valence electrons. The van der Waals surface area contributed by atoms with Crippen LogP contribution in [0, 0.1) is 6.92 Å². The van der Waals surface area contributed by atoms with Crippen molar-refractivity contribution < 1.29 is 27.4 Å². The van der Waals surface area contributed by atoms with Gasteiger partial charge in [0.1, 0.15) is 0 Å². The molecule has 0 radical (unpaired) electrons. The molecule has 0 saturated carbocycles. The molecule has 0 spiro atoms. The predicted octanol–water partition coefficient (Wildman–Crippen LogP) is 4.46. The van der Waals surface area contributed by atoms with Crippen molar-refractivity contribution >= 4 is 5.91 Å². The molecular formula is C22H22F3N3O3. The van der Waals surface area contributed by atoms with Crippen LogP contribution in [0.25, 0.3) is 5.69 Å². The van der Waals surface area contributed by atoms with E-state index >= 15 is 0 Å². The topological polar surface area (TPSA) is 65.4 Å². The fourth-order valence-corrected chi connectivity index (χ4v) is 3.16. The van der Waals surface area contributed by atoms with Gasteiger partial charge in [0.2, 0.25) is 0 Å². The Labute approximate surface area is 177 Å². The summed E-state index contributed by atoms with van der Waals surface area (Å²) in [5, 5.41) is 7.01. The summed E-state index contributed by atoms with van der Waals surface area (Å²) >= 11 is 0. The van der Waals surface area contributed by atoms with Crippen LogP contribution in [0.15, 0.2) is 54.7 Å². The Morgan fingerprint density at radius 2 is 1.87 bits per heavy atom. The van der Waals surface area contributed by atoms with Crippen LogP contribution in [-0.2, 0) is 11.0 Å². The smallest absolute Gasteiger partial charge is 0.416 e. The maximum Gasteiger partial charge on any atom is 0.416 e. The SMILES string of the molecule is COc1ccccc1OCC(=O)N[C@H](C)c1cnn(-c2cccc(C(F)(F)F)c2)c1C. The lowest BCUT2D eigenvalue weighted by Gasteiger charge is -2.15. The molecule has 0 unspecified atom stereocenters. The Morgan fingerprint density at radius 1 is 1.16 bits per heavy atom. The minimum atomic E-state index is -4.44. The van der Waals surface area contributed by atoms with Gasteiger partial charge in [-0.15, -0.1) is 0 Å². The standard InChI is InChI=1S/C22H22F3N3O3/c1-14(27-21(29)13-31-20-10-5-4-9-19(20)30-3)18-12-26-28(15(18)2)17-8-6-7-16(11-17)22(23,24)25/h4-12,14H,13H2,1-3H3,(H,27,29)/t14-/m1/s1. The fraction of sp³-hybridized carbons (Fsp3) is 0.273. The number of ether oxygens (including phenoxy) is 2. The van der Waals surface area contributed by atoms with Gasteiger partial charge in [-0.25, -0.2) is 4.68 Å². The number of benzene rings is 2. The average molecular weight is 433 g/mol. The van der Waals surface area contributed by atoms with Gasteiger partial charge in [-0.3, -0.25) is 4.79 Å². The number of aromatic nitrogens is 2. The number of halogens is 3. The van der Waals surface area contributed by atoms with E-state index in [1.807, 2.05) is 0 Å². The molecule has 0 aliphatic rings. The minimum Gasteiger partial charge on any atom is -0.493 e. The lowest BCUT2D eigenvalue weighted by Crippen LogP contribution is -2.31. The third-order valence-corrected chi connectivity index (χ3v) is 4.74. The van der Waals surface area contributed by atoms with Gasteiger partial charge < -0.3 is 14.8 Å². The van der Waals surface area contributed by atoms with Crippen molar-refractivity contribution in [2.75, 3.05) is 13.7 Å². The molecule has 0 aliphatic heterocycles. The molecule has 31 heavy (non-hydrogen) atoms. The van der Waals surface area contributed by atoms with E-state index in [-0.39, 0.29) is 18.2 Å². The first-order chi connectivity index (χ1) is 14.7. The summed E-state index contributed by atoms with van der Waals surface area (Å²) in [7, 11) is 1.51. The maximum atomic E-state index is 13.0. The molecule has 3 rings (SSSR count). The number of para-hydroxylation sites is 2. The number of nitrogens with one attached hydrogen (secondary N) is 1. The van der Waals surface area contributed by atoms with E-state index < -0.39 is 17.8 Å². The van der Waals surface area contributed by atoms with Crippen LogP contribution < -0.4 is 14.8 Å². The van der Waals surface area contributed by atoms with Crippen molar-refractivity contribution in [3.63, 3.8) is 0 Å². The van der Waals surface area contributed by atoms with E-state index in [2.05, 4.69) is 10.4 Å². The van der Waals surface area contributed by atoms with Gasteiger partial charge >= 0.3 is 6.18 Å². The highest BCUT2D eigenvalue weighted by molar-refractivity contribution is 5.78. The second-order valence-corrected chi connectivity index (χ2v) is 6.87. The molecule has 0 aliphatic carbocycles. The zero-order chi connectivity index (χ0) is 22.6. The zero-order valence-corrected chi connectivity index (χ0v) is 17.2. The van der Waals surface area contributed by atoms with Gasteiger partial charge in [-0.1, -0.05) is 18.2 Å². The van der Waals surface area contributed by atoms with Gasteiger partial charge in [0.15, 0.2) is 18.1 Å². The molecule has 1 amide bonds. The predicted molar refractivity (Wildman–Crippen MR) is 108 cm³/mol. The first kappa shape index (κ1) is 22.2. The molecule has 6 nitrogen and oxygen atoms in total. The highest BCUT2D eigenvalue weighted by Gasteiger charge is 2.30. The maximum absolute atomic E-state index is 13.0. The number of hydrogen-bond donors (Lipinski definition) is 1. The van der Waals surface area contributed by atoms with Crippen LogP contribution in [0.5, 0.6) is 11.5 Å². The van der Waals surface area contributed by atoms with E-state index in [0.29, 0.717) is 22.8 Å². The van der Waals surface area contributed by atoms with Crippen LogP contribution in [0.4, 0.5) is 13.2 Å². The number of methoxy groups -OCH3 is 1. The number of nitrogens with zero attached hydrogens (tertiary/aromatic N) is 2. The molecule has 9 heteroatoms. The first-order valence-electron chi connectivity index (χ1n) is 9.48. The highest BCUT2D eigenvalue weighted by atomic mass is 19.4. The quantitative estimate of drug-likeness (QED) is 0.597. The molecular weight excluding hydrogens is 411 g/mol. The molecule has 1 N–H and O–H groups in total. The van der Waals surface area contributed by atoms with Crippen molar-refractivity contribution in [1.29, 1.82) is 0 Å². The van der Waals surface area contributed by atoms with Crippen LogP contribution >= 0.6 is 0 Å². The summed E-state index contributed by atoms with van der Waals surface area (Å²) in [6, 6.07) is 11.5. The Balaban J connectivity index is 1.69. The molecule has 2 aromatic carbocycles. The number of carbonyl (C=O) groups excluding carboxylic acids is 1. The molecule has 3 aromatic rings. The normalized spacial score (nSPS) is 12.3. The highest BCUT2D eigenvalue weighted by Crippen LogP contribution is 2.31. The number of rotatable bonds is 7. The minimum absolute atomic E-state index is 0.217. The molecule has 0 bridgehead atoms. The summed E-state index contributed by atoms with van der Waals surface area (Å²) in [6.45, 7) is 3.28. The molecule has 1 atom stereocenters. The Kier molecular flexibility index (Phi) is 6.53. The third-order valence-electron chi connectivity index (χ3n) is 4.74. The largest absolute Gasteiger partial charge is 0.493 e. The Hall–Kier alpha value is -3.49. The summed E-state index contributed by atoms with van der Waals surface area (Å²) in [6.07, 6.45) is -2.91. The van der Waals surface area contributed by atoms with Crippen molar-refractivity contribution in [3.8, 4) is 17.2 Å². The van der Waals surface area contributed by atoms with Crippen molar-refractivity contribution in [2.24, 2.45) is 0 Å². The van der Waals surface area contributed by atoms with E-state index in [4.69, 9.17) is 9.47 Å². The van der Waals surface area contributed by atoms with Crippen molar-refractivity contribution in [2.45, 2.75) is 26.1 Å².